The maximum absolute atomic E-state index is 13.3. The number of carbonyl (C=O) groups is 2. The number of alkyl halides is 3. The molecule has 0 spiro atoms. The van der Waals surface area contributed by atoms with Crippen LogP contribution in [0, 0.1) is 5.92 Å². The number of benzene rings is 2. The zero-order valence-electron chi connectivity index (χ0n) is 16.5. The van der Waals surface area contributed by atoms with Crippen molar-refractivity contribution in [1.82, 2.24) is 0 Å². The minimum atomic E-state index is -4.62. The molecule has 2 aromatic rings. The molecule has 0 aliphatic heterocycles. The van der Waals surface area contributed by atoms with Gasteiger partial charge in [-0.05, 0) is 55.3 Å². The Bertz CT molecular complexity index is 905. The highest BCUT2D eigenvalue weighted by atomic mass is 19.4. The molecule has 0 bridgehead atoms. The lowest BCUT2D eigenvalue weighted by Crippen LogP contribution is -2.25. The SMILES string of the molecule is COc1ccc(C(=O)Nc2cc(NC(=O)C3CCCCC3)cc(C(F)(F)F)c2)cc1. The number of methoxy groups -OCH3 is 1. The van der Waals surface area contributed by atoms with Gasteiger partial charge in [0.15, 0.2) is 0 Å². The first-order valence-electron chi connectivity index (χ1n) is 9.75. The van der Waals surface area contributed by atoms with Crippen LogP contribution in [-0.4, -0.2) is 18.9 Å². The summed E-state index contributed by atoms with van der Waals surface area (Å²) in [7, 11) is 1.49. The second-order valence-corrected chi connectivity index (χ2v) is 7.30. The van der Waals surface area contributed by atoms with Crippen molar-refractivity contribution >= 4 is 23.2 Å². The van der Waals surface area contributed by atoms with E-state index in [0.29, 0.717) is 5.75 Å². The predicted octanol–water partition coefficient (Wildman–Crippen LogP) is 5.49. The summed E-state index contributed by atoms with van der Waals surface area (Å²) in [5.41, 5.74) is -0.731. The van der Waals surface area contributed by atoms with E-state index in [2.05, 4.69) is 10.6 Å². The van der Waals surface area contributed by atoms with Crippen molar-refractivity contribution in [3.63, 3.8) is 0 Å². The lowest BCUT2D eigenvalue weighted by atomic mass is 9.88. The smallest absolute Gasteiger partial charge is 0.416 e. The summed E-state index contributed by atoms with van der Waals surface area (Å²) in [6.07, 6.45) is -0.231. The van der Waals surface area contributed by atoms with Crippen LogP contribution >= 0.6 is 0 Å². The van der Waals surface area contributed by atoms with Crippen LogP contribution < -0.4 is 15.4 Å². The lowest BCUT2D eigenvalue weighted by Gasteiger charge is -2.21. The quantitative estimate of drug-likeness (QED) is 0.673. The van der Waals surface area contributed by atoms with Gasteiger partial charge in [-0.15, -0.1) is 0 Å². The molecule has 160 valence electrons. The summed E-state index contributed by atoms with van der Waals surface area (Å²) in [5.74, 6) is -0.507. The van der Waals surface area contributed by atoms with Crippen molar-refractivity contribution in [2.75, 3.05) is 17.7 Å². The second-order valence-electron chi connectivity index (χ2n) is 7.30. The van der Waals surface area contributed by atoms with Gasteiger partial charge in [0, 0.05) is 22.9 Å². The minimum Gasteiger partial charge on any atom is -0.497 e. The van der Waals surface area contributed by atoms with Crippen molar-refractivity contribution in [3.8, 4) is 5.75 Å². The average Bonchev–Trinajstić information content (AvgIpc) is 2.73. The Labute approximate surface area is 172 Å². The number of nitrogens with one attached hydrogen (secondary N) is 2. The molecule has 1 fully saturated rings. The monoisotopic (exact) mass is 420 g/mol. The minimum absolute atomic E-state index is 0.00503. The van der Waals surface area contributed by atoms with Gasteiger partial charge in [-0.25, -0.2) is 0 Å². The molecule has 2 amide bonds. The number of amides is 2. The van der Waals surface area contributed by atoms with E-state index in [0.717, 1.165) is 44.2 Å². The molecule has 30 heavy (non-hydrogen) atoms. The third-order valence-electron chi connectivity index (χ3n) is 5.11. The van der Waals surface area contributed by atoms with Crippen molar-refractivity contribution in [3.05, 3.63) is 53.6 Å². The van der Waals surface area contributed by atoms with Gasteiger partial charge >= 0.3 is 6.18 Å². The first-order chi connectivity index (χ1) is 14.3. The van der Waals surface area contributed by atoms with E-state index in [-0.39, 0.29) is 28.8 Å². The molecule has 0 unspecified atom stereocenters. The van der Waals surface area contributed by atoms with Crippen molar-refractivity contribution in [1.29, 1.82) is 0 Å². The highest BCUT2D eigenvalue weighted by Gasteiger charge is 2.32. The molecule has 0 heterocycles. The standard InChI is InChI=1S/C22H23F3N2O3/c1-30-19-9-7-15(8-10-19)21(29)27-18-12-16(22(23,24)25)11-17(13-18)26-20(28)14-5-3-2-4-6-14/h7-14H,2-6H2,1H3,(H,26,28)(H,27,29). The van der Waals surface area contributed by atoms with Crippen molar-refractivity contribution < 1.29 is 27.5 Å². The van der Waals surface area contributed by atoms with Crippen LogP contribution in [0.4, 0.5) is 24.5 Å². The van der Waals surface area contributed by atoms with E-state index in [4.69, 9.17) is 4.74 Å². The zero-order valence-corrected chi connectivity index (χ0v) is 16.5. The topological polar surface area (TPSA) is 67.4 Å². The first-order valence-corrected chi connectivity index (χ1v) is 9.75. The molecule has 5 nitrogen and oxygen atoms in total. The molecule has 8 heteroatoms. The van der Waals surface area contributed by atoms with Crippen LogP contribution in [0.2, 0.25) is 0 Å². The summed E-state index contributed by atoms with van der Waals surface area (Å²) >= 11 is 0. The van der Waals surface area contributed by atoms with Crippen LogP contribution in [0.5, 0.6) is 5.75 Å². The summed E-state index contributed by atoms with van der Waals surface area (Å²) < 4.78 is 45.1. The Balaban J connectivity index is 1.81. The van der Waals surface area contributed by atoms with Gasteiger partial charge in [0.2, 0.25) is 5.91 Å². The van der Waals surface area contributed by atoms with Gasteiger partial charge < -0.3 is 15.4 Å². The average molecular weight is 420 g/mol. The van der Waals surface area contributed by atoms with Crippen LogP contribution in [0.15, 0.2) is 42.5 Å². The Morgan fingerprint density at radius 1 is 0.933 bits per heavy atom. The van der Waals surface area contributed by atoms with Crippen LogP contribution in [0.25, 0.3) is 0 Å². The van der Waals surface area contributed by atoms with Crippen LogP contribution in [0.1, 0.15) is 48.0 Å². The molecule has 0 aromatic heterocycles. The van der Waals surface area contributed by atoms with Gasteiger partial charge in [0.25, 0.3) is 5.91 Å². The van der Waals surface area contributed by atoms with E-state index < -0.39 is 17.6 Å². The van der Waals surface area contributed by atoms with E-state index in [1.165, 1.54) is 25.3 Å². The molecule has 3 rings (SSSR count). The Morgan fingerprint density at radius 3 is 2.10 bits per heavy atom. The van der Waals surface area contributed by atoms with E-state index >= 15 is 0 Å². The van der Waals surface area contributed by atoms with E-state index in [1.54, 1.807) is 12.1 Å². The fourth-order valence-corrected chi connectivity index (χ4v) is 3.49. The van der Waals surface area contributed by atoms with Crippen LogP contribution in [0.3, 0.4) is 0 Å². The maximum atomic E-state index is 13.3. The van der Waals surface area contributed by atoms with Gasteiger partial charge in [-0.1, -0.05) is 19.3 Å². The highest BCUT2D eigenvalue weighted by Crippen LogP contribution is 2.34. The second kappa shape index (κ2) is 9.19. The Hall–Kier alpha value is -3.03. The van der Waals surface area contributed by atoms with Gasteiger partial charge in [-0.2, -0.15) is 13.2 Å². The highest BCUT2D eigenvalue weighted by molar-refractivity contribution is 6.05. The normalized spacial score (nSPS) is 14.8. The molecule has 1 aliphatic carbocycles. The third kappa shape index (κ3) is 5.52. The Kier molecular flexibility index (Phi) is 6.64. The molecule has 2 aromatic carbocycles. The number of anilines is 2. The number of ether oxygens (including phenoxy) is 1. The number of carbonyl (C=O) groups excluding carboxylic acids is 2. The number of rotatable bonds is 5. The summed E-state index contributed by atoms with van der Waals surface area (Å²) in [6, 6.07) is 9.23. The fourth-order valence-electron chi connectivity index (χ4n) is 3.49. The molecule has 1 aliphatic rings. The molecule has 0 radical (unpaired) electrons. The number of halogens is 3. The molecular formula is C22H23F3N2O3. The predicted molar refractivity (Wildman–Crippen MR) is 108 cm³/mol. The molecule has 1 saturated carbocycles. The molecule has 0 atom stereocenters. The first kappa shape index (κ1) is 21.7. The third-order valence-corrected chi connectivity index (χ3v) is 5.11. The summed E-state index contributed by atoms with van der Waals surface area (Å²) in [4.78, 5) is 24.9. The molecular weight excluding hydrogens is 397 g/mol. The number of hydrogen-bond acceptors (Lipinski definition) is 3. The van der Waals surface area contributed by atoms with Crippen molar-refractivity contribution in [2.45, 2.75) is 38.3 Å². The molecule has 0 saturated heterocycles. The zero-order chi connectivity index (χ0) is 21.7. The fraction of sp³-hybridized carbons (Fsp3) is 0.364. The maximum Gasteiger partial charge on any atom is 0.416 e. The van der Waals surface area contributed by atoms with Gasteiger partial charge in [0.1, 0.15) is 5.75 Å². The lowest BCUT2D eigenvalue weighted by molar-refractivity contribution is -0.137. The Morgan fingerprint density at radius 2 is 1.53 bits per heavy atom. The summed E-state index contributed by atoms with van der Waals surface area (Å²) in [6.45, 7) is 0. The summed E-state index contributed by atoms with van der Waals surface area (Å²) in [5, 5.41) is 5.06. The largest absolute Gasteiger partial charge is 0.497 e. The van der Waals surface area contributed by atoms with E-state index in [9.17, 15) is 22.8 Å². The molecule has 2 N–H and O–H groups in total. The van der Waals surface area contributed by atoms with Gasteiger partial charge in [-0.3, -0.25) is 9.59 Å². The van der Waals surface area contributed by atoms with Crippen LogP contribution in [-0.2, 0) is 11.0 Å². The van der Waals surface area contributed by atoms with E-state index in [1.807, 2.05) is 0 Å². The van der Waals surface area contributed by atoms with Gasteiger partial charge in [0.05, 0.1) is 12.7 Å². The number of hydrogen-bond donors (Lipinski definition) is 2. The van der Waals surface area contributed by atoms with Crippen molar-refractivity contribution in [2.24, 2.45) is 5.92 Å².